The van der Waals surface area contributed by atoms with Crippen LogP contribution in [0.4, 0.5) is 4.39 Å². The zero-order chi connectivity index (χ0) is 26.0. The van der Waals surface area contributed by atoms with Crippen molar-refractivity contribution in [3.05, 3.63) is 71.0 Å². The van der Waals surface area contributed by atoms with Crippen LogP contribution >= 0.6 is 0 Å². The molecule has 2 aromatic carbocycles. The Hall–Kier alpha value is -2.77. The molecule has 0 aliphatic rings. The average Bonchev–Trinajstić information content (AvgIpc) is 2.87. The summed E-state index contributed by atoms with van der Waals surface area (Å²) in [6.45, 7) is 2.73. The van der Waals surface area contributed by atoms with Gasteiger partial charge < -0.3 is 10.4 Å². The van der Waals surface area contributed by atoms with Gasteiger partial charge >= 0.3 is 5.97 Å². The molecule has 0 saturated carbocycles. The number of benzene rings is 2. The number of unbranched alkanes of at least 4 members (excludes halogenated alkanes) is 9. The summed E-state index contributed by atoms with van der Waals surface area (Å²) in [4.78, 5) is 28.7. The molecule has 0 aromatic heterocycles. The molecule has 2 N–H and O–H groups in total. The Morgan fingerprint density at radius 2 is 1.47 bits per heavy atom. The number of nitrogens with zero attached hydrogens (tertiary/aromatic N) is 1. The van der Waals surface area contributed by atoms with Crippen molar-refractivity contribution < 1.29 is 23.9 Å². The van der Waals surface area contributed by atoms with Gasteiger partial charge in [-0.3, -0.25) is 9.63 Å². The Bertz CT molecular complexity index is 904. The third-order valence-corrected chi connectivity index (χ3v) is 6.07. The van der Waals surface area contributed by atoms with E-state index in [-0.39, 0.29) is 24.8 Å². The van der Waals surface area contributed by atoms with Gasteiger partial charge in [0.05, 0.1) is 6.54 Å². The number of carbonyl (C=O) groups is 2. The second-order valence-corrected chi connectivity index (χ2v) is 9.19. The van der Waals surface area contributed by atoms with Crippen LogP contribution in [-0.4, -0.2) is 35.2 Å². The number of hydrogen-bond acceptors (Lipinski definition) is 4. The molecule has 36 heavy (non-hydrogen) atoms. The molecule has 1 amide bonds. The first-order chi connectivity index (χ1) is 17.5. The fraction of sp³-hybridized carbons (Fsp3) is 0.517. The Kier molecular flexibility index (Phi) is 14.4. The molecular weight excluding hydrogens is 459 g/mol. The second-order valence-electron chi connectivity index (χ2n) is 9.19. The third-order valence-electron chi connectivity index (χ3n) is 6.07. The van der Waals surface area contributed by atoms with E-state index in [9.17, 15) is 14.0 Å². The molecule has 0 atom stereocenters. The molecule has 0 radical (unpaired) electrons. The molecule has 7 heteroatoms. The second kappa shape index (κ2) is 17.6. The number of hydroxylamine groups is 2. The SMILES string of the molecule is CCCCCCCCCCCCNC(=O)c1ccc(CN(Cc2ccccc2F)OCC(=O)O)cc1. The molecule has 2 aromatic rings. The monoisotopic (exact) mass is 500 g/mol. The van der Waals surface area contributed by atoms with Gasteiger partial charge in [0.25, 0.3) is 5.91 Å². The van der Waals surface area contributed by atoms with E-state index in [1.165, 1.54) is 62.5 Å². The van der Waals surface area contributed by atoms with Crippen molar-refractivity contribution in [1.82, 2.24) is 10.4 Å². The summed E-state index contributed by atoms with van der Waals surface area (Å²) in [5, 5.41) is 13.3. The zero-order valence-corrected chi connectivity index (χ0v) is 21.5. The summed E-state index contributed by atoms with van der Waals surface area (Å²) in [5.74, 6) is -1.60. The van der Waals surface area contributed by atoms with E-state index in [2.05, 4.69) is 12.2 Å². The first kappa shape index (κ1) is 29.5. The van der Waals surface area contributed by atoms with Crippen LogP contribution in [0.1, 0.15) is 92.6 Å². The van der Waals surface area contributed by atoms with Gasteiger partial charge in [0.1, 0.15) is 5.82 Å². The quantitative estimate of drug-likeness (QED) is 0.170. The highest BCUT2D eigenvalue weighted by Crippen LogP contribution is 2.15. The van der Waals surface area contributed by atoms with Gasteiger partial charge in [-0.1, -0.05) is 95.0 Å². The van der Waals surface area contributed by atoms with Crippen molar-refractivity contribution in [1.29, 1.82) is 0 Å². The van der Waals surface area contributed by atoms with E-state index >= 15 is 0 Å². The predicted molar refractivity (Wildman–Crippen MR) is 140 cm³/mol. The molecule has 0 saturated heterocycles. The maximum atomic E-state index is 14.0. The van der Waals surface area contributed by atoms with Crippen molar-refractivity contribution in [2.75, 3.05) is 13.2 Å². The maximum absolute atomic E-state index is 14.0. The highest BCUT2D eigenvalue weighted by Gasteiger charge is 2.13. The summed E-state index contributed by atoms with van der Waals surface area (Å²) < 4.78 is 14.0. The lowest BCUT2D eigenvalue weighted by atomic mass is 10.1. The first-order valence-electron chi connectivity index (χ1n) is 13.2. The number of amides is 1. The number of rotatable bonds is 19. The maximum Gasteiger partial charge on any atom is 0.331 e. The number of carboxylic acid groups (broad SMARTS) is 1. The van der Waals surface area contributed by atoms with Crippen molar-refractivity contribution in [2.24, 2.45) is 0 Å². The Balaban J connectivity index is 1.72. The van der Waals surface area contributed by atoms with Crippen LogP contribution in [-0.2, 0) is 22.7 Å². The van der Waals surface area contributed by atoms with E-state index in [1.807, 2.05) is 0 Å². The minimum atomic E-state index is -1.11. The molecule has 0 bridgehead atoms. The van der Waals surface area contributed by atoms with Crippen LogP contribution in [0.5, 0.6) is 0 Å². The van der Waals surface area contributed by atoms with Gasteiger partial charge in [-0.25, -0.2) is 9.18 Å². The Morgan fingerprint density at radius 1 is 0.861 bits per heavy atom. The molecule has 0 heterocycles. The fourth-order valence-corrected chi connectivity index (χ4v) is 3.99. The minimum absolute atomic E-state index is 0.0983. The van der Waals surface area contributed by atoms with Crippen molar-refractivity contribution in [3.8, 4) is 0 Å². The Labute approximate surface area is 214 Å². The smallest absolute Gasteiger partial charge is 0.331 e. The van der Waals surface area contributed by atoms with Gasteiger partial charge in [0.15, 0.2) is 6.61 Å². The van der Waals surface area contributed by atoms with Crippen molar-refractivity contribution in [3.63, 3.8) is 0 Å². The molecule has 0 spiro atoms. The van der Waals surface area contributed by atoms with E-state index in [0.29, 0.717) is 17.7 Å². The lowest BCUT2D eigenvalue weighted by molar-refractivity contribution is -0.190. The molecule has 6 nitrogen and oxygen atoms in total. The van der Waals surface area contributed by atoms with Gasteiger partial charge in [0.2, 0.25) is 0 Å². The summed E-state index contributed by atoms with van der Waals surface area (Å²) in [5.41, 5.74) is 1.80. The summed E-state index contributed by atoms with van der Waals surface area (Å²) in [6.07, 6.45) is 12.6. The van der Waals surface area contributed by atoms with E-state index in [1.54, 1.807) is 42.5 Å². The lowest BCUT2D eigenvalue weighted by Crippen LogP contribution is -2.27. The van der Waals surface area contributed by atoms with Crippen LogP contribution in [0.3, 0.4) is 0 Å². The van der Waals surface area contributed by atoms with Crippen LogP contribution in [0.15, 0.2) is 48.5 Å². The summed E-state index contributed by atoms with van der Waals surface area (Å²) >= 11 is 0. The topological polar surface area (TPSA) is 78.9 Å². The summed E-state index contributed by atoms with van der Waals surface area (Å²) in [6, 6.07) is 13.4. The molecule has 198 valence electrons. The number of aliphatic carboxylic acids is 1. The average molecular weight is 501 g/mol. The fourth-order valence-electron chi connectivity index (χ4n) is 3.99. The number of carbonyl (C=O) groups excluding carboxylic acids is 1. The number of hydrogen-bond donors (Lipinski definition) is 2. The predicted octanol–water partition coefficient (Wildman–Crippen LogP) is 6.49. The molecule has 0 aliphatic heterocycles. The third kappa shape index (κ3) is 12.3. The highest BCUT2D eigenvalue weighted by atomic mass is 19.1. The van der Waals surface area contributed by atoms with Gasteiger partial charge in [-0.05, 0) is 30.2 Å². The molecule has 0 unspecified atom stereocenters. The van der Waals surface area contributed by atoms with Gasteiger partial charge in [-0.2, -0.15) is 5.06 Å². The zero-order valence-electron chi connectivity index (χ0n) is 21.5. The van der Waals surface area contributed by atoms with Crippen molar-refractivity contribution in [2.45, 2.75) is 84.2 Å². The molecule has 0 aliphatic carbocycles. The largest absolute Gasteiger partial charge is 0.479 e. The van der Waals surface area contributed by atoms with Crippen molar-refractivity contribution >= 4 is 11.9 Å². The van der Waals surface area contributed by atoms with Gasteiger partial charge in [0, 0.05) is 24.2 Å². The van der Waals surface area contributed by atoms with Crippen LogP contribution in [0, 0.1) is 5.82 Å². The van der Waals surface area contributed by atoms with E-state index in [4.69, 9.17) is 9.94 Å². The van der Waals surface area contributed by atoms with E-state index in [0.717, 1.165) is 18.4 Å². The molecular formula is C29H41FN2O4. The first-order valence-corrected chi connectivity index (χ1v) is 13.2. The van der Waals surface area contributed by atoms with Gasteiger partial charge in [-0.15, -0.1) is 0 Å². The molecule has 2 rings (SSSR count). The number of nitrogens with one attached hydrogen (secondary N) is 1. The van der Waals surface area contributed by atoms with Crippen LogP contribution in [0.25, 0.3) is 0 Å². The standard InChI is InChI=1S/C29H41FN2O4/c1-2-3-4-5-6-7-8-9-10-13-20-31-29(35)25-18-16-24(17-19-25)21-32(36-23-28(33)34)22-26-14-11-12-15-27(26)30/h11-12,14-19H,2-10,13,20-23H2,1H3,(H,31,35)(H,33,34). The van der Waals surface area contributed by atoms with Crippen LogP contribution in [0.2, 0.25) is 0 Å². The molecule has 0 fully saturated rings. The Morgan fingerprint density at radius 3 is 2.08 bits per heavy atom. The summed E-state index contributed by atoms with van der Waals surface area (Å²) in [7, 11) is 0. The lowest BCUT2D eigenvalue weighted by Gasteiger charge is -2.21. The normalized spacial score (nSPS) is 11.1. The van der Waals surface area contributed by atoms with Crippen LogP contribution < -0.4 is 5.32 Å². The van der Waals surface area contributed by atoms with E-state index < -0.39 is 12.6 Å². The minimum Gasteiger partial charge on any atom is -0.479 e. The highest BCUT2D eigenvalue weighted by molar-refractivity contribution is 5.94. The number of carboxylic acids is 1. The number of halogens is 1.